The van der Waals surface area contributed by atoms with Crippen LogP contribution in [-0.4, -0.2) is 0 Å². The van der Waals surface area contributed by atoms with Gasteiger partial charge in [0.05, 0.1) is 0 Å². The maximum Gasteiger partial charge on any atom is -0.0360 e. The van der Waals surface area contributed by atoms with Crippen LogP contribution in [0.25, 0.3) is 0 Å². The average molecular weight is 154 g/mol. The van der Waals surface area contributed by atoms with E-state index >= 15 is 0 Å². The Bertz CT molecular complexity index is 99.2. The minimum Gasteiger partial charge on any atom is -0.0625 e. The highest BCUT2D eigenvalue weighted by atomic mass is 14.4. The Balaban J connectivity index is 2.51. The zero-order valence-corrected chi connectivity index (χ0v) is 8.43. The Labute approximate surface area is 71.4 Å². The van der Waals surface area contributed by atoms with E-state index in [9.17, 15) is 0 Å². The van der Waals surface area contributed by atoms with E-state index in [1.807, 2.05) is 0 Å². The molecule has 0 N–H and O–H groups in total. The quantitative estimate of drug-likeness (QED) is 0.568. The summed E-state index contributed by atoms with van der Waals surface area (Å²) in [6, 6.07) is 0. The van der Waals surface area contributed by atoms with Crippen LogP contribution < -0.4 is 0 Å². The fraction of sp³-hybridized carbons (Fsp3) is 1.00. The van der Waals surface area contributed by atoms with Crippen molar-refractivity contribution < 1.29 is 0 Å². The lowest BCUT2D eigenvalue weighted by Crippen LogP contribution is -2.18. The molecule has 0 aromatic carbocycles. The average Bonchev–Trinajstić information content (AvgIpc) is 2.32. The van der Waals surface area contributed by atoms with Gasteiger partial charge >= 0.3 is 0 Å². The molecule has 0 radical (unpaired) electrons. The summed E-state index contributed by atoms with van der Waals surface area (Å²) in [5, 5.41) is 0. The molecule has 2 atom stereocenters. The summed E-state index contributed by atoms with van der Waals surface area (Å²) < 4.78 is 0. The van der Waals surface area contributed by atoms with Crippen LogP contribution in [0.2, 0.25) is 0 Å². The first-order valence-corrected chi connectivity index (χ1v) is 5.13. The molecule has 0 aromatic rings. The van der Waals surface area contributed by atoms with Crippen molar-refractivity contribution in [1.82, 2.24) is 0 Å². The van der Waals surface area contributed by atoms with Gasteiger partial charge in [0.1, 0.15) is 0 Å². The van der Waals surface area contributed by atoms with Crippen LogP contribution in [0.3, 0.4) is 0 Å². The first-order chi connectivity index (χ1) is 5.13. The molecule has 1 saturated carbocycles. The SMILES string of the molecule is CC(C)[C@H]1CCC[C@@H]1C(C)C. The van der Waals surface area contributed by atoms with Gasteiger partial charge < -0.3 is 0 Å². The highest BCUT2D eigenvalue weighted by Crippen LogP contribution is 2.40. The lowest BCUT2D eigenvalue weighted by molar-refractivity contribution is 0.235. The van der Waals surface area contributed by atoms with Gasteiger partial charge in [-0.05, 0) is 36.5 Å². The molecular formula is C11H22. The van der Waals surface area contributed by atoms with Gasteiger partial charge in [-0.25, -0.2) is 0 Å². The lowest BCUT2D eigenvalue weighted by Gasteiger charge is -2.26. The lowest BCUT2D eigenvalue weighted by atomic mass is 9.80. The van der Waals surface area contributed by atoms with Gasteiger partial charge in [0.2, 0.25) is 0 Å². The Hall–Kier alpha value is 0. The Morgan fingerprint density at radius 3 is 1.45 bits per heavy atom. The van der Waals surface area contributed by atoms with Gasteiger partial charge in [0, 0.05) is 0 Å². The van der Waals surface area contributed by atoms with Crippen LogP contribution >= 0.6 is 0 Å². The van der Waals surface area contributed by atoms with Crippen LogP contribution in [0.4, 0.5) is 0 Å². The van der Waals surface area contributed by atoms with Gasteiger partial charge in [-0.2, -0.15) is 0 Å². The van der Waals surface area contributed by atoms with E-state index in [4.69, 9.17) is 0 Å². The third-order valence-corrected chi connectivity index (χ3v) is 3.34. The molecule has 1 aliphatic carbocycles. The van der Waals surface area contributed by atoms with Gasteiger partial charge in [-0.15, -0.1) is 0 Å². The number of hydrogen-bond acceptors (Lipinski definition) is 0. The Kier molecular flexibility index (Phi) is 2.98. The fourth-order valence-corrected chi connectivity index (χ4v) is 2.67. The molecule has 0 aromatic heterocycles. The third kappa shape index (κ3) is 1.98. The number of rotatable bonds is 2. The maximum absolute atomic E-state index is 2.38. The normalized spacial score (nSPS) is 32.2. The molecule has 1 aliphatic rings. The van der Waals surface area contributed by atoms with Crippen molar-refractivity contribution in [2.45, 2.75) is 47.0 Å². The monoisotopic (exact) mass is 154 g/mol. The van der Waals surface area contributed by atoms with E-state index in [0.29, 0.717) is 0 Å². The van der Waals surface area contributed by atoms with Crippen molar-refractivity contribution in [2.75, 3.05) is 0 Å². The summed E-state index contributed by atoms with van der Waals surface area (Å²) in [5.74, 6) is 3.86. The van der Waals surface area contributed by atoms with Crippen LogP contribution in [0.15, 0.2) is 0 Å². The highest BCUT2D eigenvalue weighted by molar-refractivity contribution is 4.81. The molecule has 0 heterocycles. The molecule has 0 aliphatic heterocycles. The summed E-state index contributed by atoms with van der Waals surface area (Å²) in [6.45, 7) is 9.52. The van der Waals surface area contributed by atoms with Crippen molar-refractivity contribution in [3.8, 4) is 0 Å². The van der Waals surface area contributed by atoms with Crippen molar-refractivity contribution in [1.29, 1.82) is 0 Å². The van der Waals surface area contributed by atoms with Crippen molar-refractivity contribution in [3.05, 3.63) is 0 Å². The maximum atomic E-state index is 2.38. The van der Waals surface area contributed by atoms with Crippen molar-refractivity contribution in [2.24, 2.45) is 23.7 Å². The smallest absolute Gasteiger partial charge is 0.0360 e. The molecule has 0 heteroatoms. The van der Waals surface area contributed by atoms with Crippen LogP contribution in [0, 0.1) is 23.7 Å². The van der Waals surface area contributed by atoms with Gasteiger partial charge in [-0.3, -0.25) is 0 Å². The number of hydrogen-bond donors (Lipinski definition) is 0. The van der Waals surface area contributed by atoms with Crippen LogP contribution in [0.5, 0.6) is 0 Å². The zero-order valence-electron chi connectivity index (χ0n) is 8.43. The predicted octanol–water partition coefficient (Wildman–Crippen LogP) is 3.71. The Morgan fingerprint density at radius 1 is 0.818 bits per heavy atom. The molecule has 1 fully saturated rings. The topological polar surface area (TPSA) is 0 Å². The second-order valence-electron chi connectivity index (χ2n) is 4.75. The molecule has 11 heavy (non-hydrogen) atoms. The van der Waals surface area contributed by atoms with Gasteiger partial charge in [-0.1, -0.05) is 34.1 Å². The first-order valence-electron chi connectivity index (χ1n) is 5.13. The summed E-state index contributed by atoms with van der Waals surface area (Å²) in [5.41, 5.74) is 0. The van der Waals surface area contributed by atoms with Crippen molar-refractivity contribution >= 4 is 0 Å². The van der Waals surface area contributed by atoms with Gasteiger partial charge in [0.25, 0.3) is 0 Å². The standard InChI is InChI=1S/C11H22/c1-8(2)10-6-5-7-11(10)9(3)4/h8-11H,5-7H2,1-4H3/t10-,11-/m1/s1. The molecule has 0 bridgehead atoms. The van der Waals surface area contributed by atoms with Gasteiger partial charge in [0.15, 0.2) is 0 Å². The molecule has 0 amide bonds. The minimum absolute atomic E-state index is 0.907. The van der Waals surface area contributed by atoms with E-state index in [1.54, 1.807) is 0 Å². The van der Waals surface area contributed by atoms with E-state index < -0.39 is 0 Å². The second kappa shape index (κ2) is 3.60. The highest BCUT2D eigenvalue weighted by Gasteiger charge is 2.31. The minimum atomic E-state index is 0.907. The molecular weight excluding hydrogens is 132 g/mol. The molecule has 0 unspecified atom stereocenters. The third-order valence-electron chi connectivity index (χ3n) is 3.34. The predicted molar refractivity (Wildman–Crippen MR) is 50.5 cm³/mol. The van der Waals surface area contributed by atoms with E-state index in [1.165, 1.54) is 19.3 Å². The summed E-state index contributed by atoms with van der Waals surface area (Å²) >= 11 is 0. The van der Waals surface area contributed by atoms with E-state index in [-0.39, 0.29) is 0 Å². The van der Waals surface area contributed by atoms with Crippen LogP contribution in [0.1, 0.15) is 47.0 Å². The largest absolute Gasteiger partial charge is 0.0625 e. The molecule has 0 nitrogen and oxygen atoms in total. The van der Waals surface area contributed by atoms with Crippen LogP contribution in [-0.2, 0) is 0 Å². The van der Waals surface area contributed by atoms with E-state index in [2.05, 4.69) is 27.7 Å². The second-order valence-corrected chi connectivity index (χ2v) is 4.75. The molecule has 1 rings (SSSR count). The Morgan fingerprint density at radius 2 is 1.18 bits per heavy atom. The fourth-order valence-electron chi connectivity index (χ4n) is 2.67. The summed E-state index contributed by atoms with van der Waals surface area (Å²) in [6.07, 6.45) is 4.45. The first kappa shape index (κ1) is 9.09. The molecule has 0 spiro atoms. The van der Waals surface area contributed by atoms with E-state index in [0.717, 1.165) is 23.7 Å². The summed E-state index contributed by atoms with van der Waals surface area (Å²) in [4.78, 5) is 0. The molecule has 66 valence electrons. The summed E-state index contributed by atoms with van der Waals surface area (Å²) in [7, 11) is 0. The molecule has 0 saturated heterocycles. The van der Waals surface area contributed by atoms with Crippen molar-refractivity contribution in [3.63, 3.8) is 0 Å². The zero-order chi connectivity index (χ0) is 8.43.